The van der Waals surface area contributed by atoms with E-state index in [9.17, 15) is 0 Å². The van der Waals surface area contributed by atoms with E-state index in [-0.39, 0.29) is 0 Å². The Morgan fingerprint density at radius 1 is 1.53 bits per heavy atom. The van der Waals surface area contributed by atoms with Gasteiger partial charge in [0.15, 0.2) is 5.76 Å². The predicted molar refractivity (Wildman–Crippen MR) is 58.3 cm³/mol. The van der Waals surface area contributed by atoms with E-state index >= 15 is 0 Å². The van der Waals surface area contributed by atoms with Gasteiger partial charge >= 0.3 is 0 Å². The molecule has 0 radical (unpaired) electrons. The Morgan fingerprint density at radius 3 is 3.27 bits per heavy atom. The summed E-state index contributed by atoms with van der Waals surface area (Å²) in [4.78, 5) is 0. The molecular weight excluding hydrogens is 188 g/mol. The van der Waals surface area contributed by atoms with Gasteiger partial charge < -0.3 is 9.84 Å². The van der Waals surface area contributed by atoms with Crippen molar-refractivity contribution < 1.29 is 4.52 Å². The van der Waals surface area contributed by atoms with Crippen LogP contribution >= 0.6 is 0 Å². The molecule has 1 aliphatic heterocycles. The fourth-order valence-corrected chi connectivity index (χ4v) is 2.77. The lowest BCUT2D eigenvalue weighted by Crippen LogP contribution is -2.34. The third-order valence-corrected chi connectivity index (χ3v) is 3.58. The van der Waals surface area contributed by atoms with Crippen molar-refractivity contribution in [1.82, 2.24) is 10.5 Å². The summed E-state index contributed by atoms with van der Waals surface area (Å²) in [5, 5.41) is 7.42. The zero-order valence-electron chi connectivity index (χ0n) is 8.99. The standard InChI is InChI=1S/C12H16N2O/c1-8-6-12(15-14-8)10-3-2-9-4-5-13-7-11(9)10/h3,6,9,11,13H,2,4-5,7H2,1H3/t9-,11+/m0/s1. The van der Waals surface area contributed by atoms with Crippen molar-refractivity contribution in [2.24, 2.45) is 11.8 Å². The van der Waals surface area contributed by atoms with Crippen LogP contribution in [0.25, 0.3) is 5.57 Å². The molecule has 3 nitrogen and oxygen atoms in total. The zero-order valence-corrected chi connectivity index (χ0v) is 8.99. The van der Waals surface area contributed by atoms with E-state index < -0.39 is 0 Å². The molecule has 2 atom stereocenters. The van der Waals surface area contributed by atoms with Crippen LogP contribution in [-0.4, -0.2) is 18.2 Å². The maximum atomic E-state index is 5.35. The highest BCUT2D eigenvalue weighted by Crippen LogP contribution is 2.40. The number of nitrogens with one attached hydrogen (secondary N) is 1. The molecule has 2 heterocycles. The molecule has 0 unspecified atom stereocenters. The third kappa shape index (κ3) is 1.51. The van der Waals surface area contributed by atoms with E-state index in [1.807, 2.05) is 13.0 Å². The lowest BCUT2D eigenvalue weighted by molar-refractivity contribution is 0.321. The molecule has 0 amide bonds. The Kier molecular flexibility index (Phi) is 2.13. The highest BCUT2D eigenvalue weighted by molar-refractivity contribution is 5.66. The average Bonchev–Trinajstić information content (AvgIpc) is 2.83. The van der Waals surface area contributed by atoms with Crippen molar-refractivity contribution in [3.63, 3.8) is 0 Å². The largest absolute Gasteiger partial charge is 0.356 e. The second-order valence-corrected chi connectivity index (χ2v) is 4.59. The molecule has 1 aromatic heterocycles. The Labute approximate surface area is 89.5 Å². The summed E-state index contributed by atoms with van der Waals surface area (Å²) in [5.41, 5.74) is 2.34. The van der Waals surface area contributed by atoms with Gasteiger partial charge in [-0.3, -0.25) is 0 Å². The molecule has 1 fully saturated rings. The first-order chi connectivity index (χ1) is 7.34. The number of nitrogens with zero attached hydrogens (tertiary/aromatic N) is 1. The maximum absolute atomic E-state index is 5.35. The van der Waals surface area contributed by atoms with Gasteiger partial charge in [-0.05, 0) is 37.8 Å². The summed E-state index contributed by atoms with van der Waals surface area (Å²) in [6.07, 6.45) is 4.83. The van der Waals surface area contributed by atoms with Crippen molar-refractivity contribution >= 4 is 5.57 Å². The van der Waals surface area contributed by atoms with Gasteiger partial charge in [0.25, 0.3) is 0 Å². The molecule has 0 saturated carbocycles. The van der Waals surface area contributed by atoms with Gasteiger partial charge in [-0.2, -0.15) is 0 Å². The van der Waals surface area contributed by atoms with Crippen LogP contribution in [0.1, 0.15) is 24.3 Å². The highest BCUT2D eigenvalue weighted by Gasteiger charge is 2.33. The number of aryl methyl sites for hydroxylation is 1. The highest BCUT2D eigenvalue weighted by atomic mass is 16.5. The lowest BCUT2D eigenvalue weighted by atomic mass is 9.85. The van der Waals surface area contributed by atoms with Crippen LogP contribution in [0.3, 0.4) is 0 Å². The quantitative estimate of drug-likeness (QED) is 0.760. The molecule has 2 aliphatic rings. The van der Waals surface area contributed by atoms with Gasteiger partial charge in [0, 0.05) is 18.5 Å². The minimum Gasteiger partial charge on any atom is -0.356 e. The molecule has 0 aromatic carbocycles. The van der Waals surface area contributed by atoms with Gasteiger partial charge in [0.05, 0.1) is 5.69 Å². The van der Waals surface area contributed by atoms with Crippen molar-refractivity contribution in [3.8, 4) is 0 Å². The third-order valence-electron chi connectivity index (χ3n) is 3.58. The van der Waals surface area contributed by atoms with E-state index in [0.29, 0.717) is 5.92 Å². The van der Waals surface area contributed by atoms with Crippen LogP contribution in [0.15, 0.2) is 16.7 Å². The van der Waals surface area contributed by atoms with E-state index in [0.717, 1.165) is 30.5 Å². The molecule has 15 heavy (non-hydrogen) atoms. The molecular formula is C12H16N2O. The maximum Gasteiger partial charge on any atom is 0.163 e. The van der Waals surface area contributed by atoms with Crippen molar-refractivity contribution in [1.29, 1.82) is 0 Å². The molecule has 1 saturated heterocycles. The smallest absolute Gasteiger partial charge is 0.163 e. The summed E-state index contributed by atoms with van der Waals surface area (Å²) in [6, 6.07) is 2.04. The lowest BCUT2D eigenvalue weighted by Gasteiger charge is -2.27. The van der Waals surface area contributed by atoms with E-state index in [4.69, 9.17) is 4.52 Å². The second-order valence-electron chi connectivity index (χ2n) is 4.59. The van der Waals surface area contributed by atoms with Crippen LogP contribution in [0.5, 0.6) is 0 Å². The Bertz CT molecular complexity index is 394. The van der Waals surface area contributed by atoms with Crippen LogP contribution < -0.4 is 5.32 Å². The fourth-order valence-electron chi connectivity index (χ4n) is 2.77. The van der Waals surface area contributed by atoms with Crippen LogP contribution in [0, 0.1) is 18.8 Å². The van der Waals surface area contributed by atoms with Gasteiger partial charge in [0.2, 0.25) is 0 Å². The minimum absolute atomic E-state index is 0.645. The molecule has 3 rings (SSSR count). The van der Waals surface area contributed by atoms with Gasteiger partial charge in [-0.1, -0.05) is 11.2 Å². The number of aromatic nitrogens is 1. The molecule has 1 N–H and O–H groups in total. The second kappa shape index (κ2) is 3.49. The number of rotatable bonds is 1. The van der Waals surface area contributed by atoms with Gasteiger partial charge in [0.1, 0.15) is 0 Å². The summed E-state index contributed by atoms with van der Waals surface area (Å²) in [7, 11) is 0. The number of allylic oxidation sites excluding steroid dienone is 1. The molecule has 1 aliphatic carbocycles. The van der Waals surface area contributed by atoms with Gasteiger partial charge in [-0.25, -0.2) is 0 Å². The average molecular weight is 204 g/mol. The zero-order chi connectivity index (χ0) is 10.3. The normalized spacial score (nSPS) is 30.1. The first-order valence-corrected chi connectivity index (χ1v) is 5.69. The van der Waals surface area contributed by atoms with Crippen LogP contribution in [-0.2, 0) is 0 Å². The van der Waals surface area contributed by atoms with Crippen molar-refractivity contribution in [2.45, 2.75) is 19.8 Å². The number of hydrogen-bond acceptors (Lipinski definition) is 3. The molecule has 0 bridgehead atoms. The summed E-state index contributed by atoms with van der Waals surface area (Å²) < 4.78 is 5.35. The summed E-state index contributed by atoms with van der Waals surface area (Å²) in [6.45, 7) is 4.23. The number of piperidine rings is 1. The fraction of sp³-hybridized carbons (Fsp3) is 0.583. The first-order valence-electron chi connectivity index (χ1n) is 5.69. The van der Waals surface area contributed by atoms with E-state index in [2.05, 4.69) is 16.5 Å². The Balaban J connectivity index is 1.87. The van der Waals surface area contributed by atoms with E-state index in [1.165, 1.54) is 18.4 Å². The van der Waals surface area contributed by atoms with Gasteiger partial charge in [-0.15, -0.1) is 0 Å². The minimum atomic E-state index is 0.645. The Hall–Kier alpha value is -1.09. The summed E-state index contributed by atoms with van der Waals surface area (Å²) in [5.74, 6) is 2.45. The number of fused-ring (bicyclic) bond motifs is 1. The first kappa shape index (κ1) is 9.16. The van der Waals surface area contributed by atoms with Crippen molar-refractivity contribution in [3.05, 3.63) is 23.6 Å². The molecule has 0 spiro atoms. The Morgan fingerprint density at radius 2 is 2.47 bits per heavy atom. The van der Waals surface area contributed by atoms with Crippen LogP contribution in [0.4, 0.5) is 0 Å². The topological polar surface area (TPSA) is 38.1 Å². The van der Waals surface area contributed by atoms with Crippen molar-refractivity contribution in [2.75, 3.05) is 13.1 Å². The summed E-state index contributed by atoms with van der Waals surface area (Å²) >= 11 is 0. The molecule has 80 valence electrons. The predicted octanol–water partition coefficient (Wildman–Crippen LogP) is 2.00. The number of hydrogen-bond donors (Lipinski definition) is 1. The van der Waals surface area contributed by atoms with Crippen LogP contribution in [0.2, 0.25) is 0 Å². The van der Waals surface area contributed by atoms with E-state index in [1.54, 1.807) is 0 Å². The molecule has 1 aromatic rings. The SMILES string of the molecule is Cc1cc(C2=CC[C@H]3CCNC[C@@H]23)on1. The molecule has 3 heteroatoms. The monoisotopic (exact) mass is 204 g/mol.